The van der Waals surface area contributed by atoms with E-state index < -0.39 is 23.5 Å². The first-order chi connectivity index (χ1) is 6.18. The highest BCUT2D eigenvalue weighted by molar-refractivity contribution is 6.70. The molecule has 1 atom stereocenters. The van der Waals surface area contributed by atoms with E-state index in [1.807, 2.05) is 13.8 Å². The van der Waals surface area contributed by atoms with E-state index in [0.29, 0.717) is 6.61 Å². The fourth-order valence-corrected chi connectivity index (χ4v) is 4.14. The molecule has 0 heterocycles. The molecular formula is C9H22O3Si2. The molecule has 1 N–H and O–H groups in total. The maximum atomic E-state index is 9.34. The lowest BCUT2D eigenvalue weighted by molar-refractivity contribution is -0.112. The Balaban J connectivity index is 4.25. The summed E-state index contributed by atoms with van der Waals surface area (Å²) in [5.41, 5.74) is 0.196. The molecule has 0 aliphatic carbocycles. The smallest absolute Gasteiger partial charge is 0.221 e. The van der Waals surface area contributed by atoms with Gasteiger partial charge in [-0.15, -0.1) is 0 Å². The second-order valence-electron chi connectivity index (χ2n) is 4.75. The van der Waals surface area contributed by atoms with Crippen molar-refractivity contribution in [2.75, 3.05) is 6.61 Å². The van der Waals surface area contributed by atoms with Gasteiger partial charge in [0.05, 0.1) is 6.61 Å². The molecule has 1 unspecified atom stereocenters. The first-order valence-corrected chi connectivity index (χ1v) is 9.53. The third-order valence-corrected chi connectivity index (χ3v) is 3.69. The van der Waals surface area contributed by atoms with Crippen LogP contribution in [-0.4, -0.2) is 34.9 Å². The standard InChI is InChI=1S/C9H22O3Si2/c1-8(2)7-11-9(3,13-10)12-14(4,5)6/h10H,1,7,13H2,2-6H3. The van der Waals surface area contributed by atoms with Crippen molar-refractivity contribution < 1.29 is 14.0 Å². The van der Waals surface area contributed by atoms with Crippen LogP contribution in [0, 0.1) is 0 Å². The highest BCUT2D eigenvalue weighted by Gasteiger charge is 2.32. The van der Waals surface area contributed by atoms with Gasteiger partial charge in [0.25, 0.3) is 0 Å². The van der Waals surface area contributed by atoms with Crippen LogP contribution in [-0.2, 0) is 9.16 Å². The lowest BCUT2D eigenvalue weighted by Gasteiger charge is -2.34. The number of rotatable bonds is 6. The molecule has 0 amide bonds. The van der Waals surface area contributed by atoms with Crippen LogP contribution in [0.1, 0.15) is 13.8 Å². The van der Waals surface area contributed by atoms with Gasteiger partial charge in [-0.1, -0.05) is 12.2 Å². The van der Waals surface area contributed by atoms with Crippen molar-refractivity contribution in [3.63, 3.8) is 0 Å². The topological polar surface area (TPSA) is 38.7 Å². The van der Waals surface area contributed by atoms with Gasteiger partial charge in [-0.05, 0) is 33.5 Å². The molecule has 3 nitrogen and oxygen atoms in total. The highest BCUT2D eigenvalue weighted by atomic mass is 28.4. The zero-order valence-electron chi connectivity index (χ0n) is 9.89. The van der Waals surface area contributed by atoms with E-state index in [4.69, 9.17) is 9.16 Å². The third-order valence-electron chi connectivity index (χ3n) is 1.43. The molecule has 0 aromatic heterocycles. The van der Waals surface area contributed by atoms with Crippen LogP contribution in [0.4, 0.5) is 0 Å². The quantitative estimate of drug-likeness (QED) is 0.426. The van der Waals surface area contributed by atoms with Crippen molar-refractivity contribution in [2.24, 2.45) is 0 Å². The van der Waals surface area contributed by atoms with Gasteiger partial charge in [-0.25, -0.2) is 0 Å². The van der Waals surface area contributed by atoms with Gasteiger partial charge in [0.15, 0.2) is 13.7 Å². The van der Waals surface area contributed by atoms with E-state index in [2.05, 4.69) is 26.2 Å². The Morgan fingerprint density at radius 3 is 2.29 bits per heavy atom. The van der Waals surface area contributed by atoms with Crippen molar-refractivity contribution in [3.8, 4) is 0 Å². The second kappa shape index (κ2) is 5.22. The predicted octanol–water partition coefficient (Wildman–Crippen LogP) is 1.18. The Bertz CT molecular complexity index is 201. The van der Waals surface area contributed by atoms with Crippen LogP contribution in [0.3, 0.4) is 0 Å². The molecule has 0 saturated carbocycles. The monoisotopic (exact) mass is 234 g/mol. The molecule has 14 heavy (non-hydrogen) atoms. The Labute approximate surface area is 90.2 Å². The zero-order valence-corrected chi connectivity index (χ0v) is 12.3. The van der Waals surface area contributed by atoms with E-state index in [1.54, 1.807) is 0 Å². The summed E-state index contributed by atoms with van der Waals surface area (Å²) in [6.45, 7) is 14.2. The first kappa shape index (κ1) is 14.1. The molecular weight excluding hydrogens is 212 g/mol. The largest absolute Gasteiger partial charge is 0.432 e. The molecule has 0 rings (SSSR count). The van der Waals surface area contributed by atoms with Gasteiger partial charge in [0.1, 0.15) is 0 Å². The third kappa shape index (κ3) is 6.50. The van der Waals surface area contributed by atoms with Crippen LogP contribution in [0.25, 0.3) is 0 Å². The summed E-state index contributed by atoms with van der Waals surface area (Å²) in [5, 5.41) is 0. The SMILES string of the molecule is C=C(C)COC(C)(O[Si](C)(C)C)[SiH2]O. The first-order valence-electron chi connectivity index (χ1n) is 4.78. The summed E-state index contributed by atoms with van der Waals surface area (Å²) in [5.74, 6) is 0. The molecule has 0 bridgehead atoms. The second-order valence-corrected chi connectivity index (χ2v) is 10.8. The minimum Gasteiger partial charge on any atom is -0.432 e. The normalized spacial score (nSPS) is 17.3. The predicted molar refractivity (Wildman–Crippen MR) is 64.4 cm³/mol. The van der Waals surface area contributed by atoms with Crippen molar-refractivity contribution in [1.29, 1.82) is 0 Å². The average Bonchev–Trinajstić information content (AvgIpc) is 1.98. The molecule has 0 fully saturated rings. The minimum atomic E-state index is -1.67. The molecule has 5 heteroatoms. The van der Waals surface area contributed by atoms with Gasteiger partial charge in [-0.3, -0.25) is 0 Å². The maximum absolute atomic E-state index is 9.34. The molecule has 0 aromatic rings. The Kier molecular flexibility index (Phi) is 5.24. The summed E-state index contributed by atoms with van der Waals surface area (Å²) in [6.07, 6.45) is 0. The molecule has 0 radical (unpaired) electrons. The molecule has 0 aromatic carbocycles. The molecule has 84 valence electrons. The fourth-order valence-electron chi connectivity index (χ4n) is 1.03. The average molecular weight is 234 g/mol. The van der Waals surface area contributed by atoms with Gasteiger partial charge >= 0.3 is 0 Å². The van der Waals surface area contributed by atoms with Gasteiger partial charge < -0.3 is 14.0 Å². The maximum Gasteiger partial charge on any atom is 0.221 e. The van der Waals surface area contributed by atoms with Crippen LogP contribution in [0.15, 0.2) is 12.2 Å². The fraction of sp³-hybridized carbons (Fsp3) is 0.778. The van der Waals surface area contributed by atoms with Crippen LogP contribution >= 0.6 is 0 Å². The molecule has 0 saturated heterocycles. The van der Waals surface area contributed by atoms with Crippen molar-refractivity contribution in [2.45, 2.75) is 38.9 Å². The summed E-state index contributed by atoms with van der Waals surface area (Å²) < 4.78 is 11.4. The van der Waals surface area contributed by atoms with Crippen molar-refractivity contribution >= 4 is 18.1 Å². The van der Waals surface area contributed by atoms with Gasteiger partial charge in [0.2, 0.25) is 9.76 Å². The van der Waals surface area contributed by atoms with Crippen LogP contribution < -0.4 is 0 Å². The van der Waals surface area contributed by atoms with Gasteiger partial charge in [0, 0.05) is 0 Å². The highest BCUT2D eigenvalue weighted by Crippen LogP contribution is 2.18. The molecule has 0 aliphatic rings. The van der Waals surface area contributed by atoms with Crippen LogP contribution in [0.2, 0.25) is 19.6 Å². The summed E-state index contributed by atoms with van der Waals surface area (Å²) in [6, 6.07) is 0. The Morgan fingerprint density at radius 2 is 2.00 bits per heavy atom. The number of hydrogen-bond acceptors (Lipinski definition) is 3. The van der Waals surface area contributed by atoms with Crippen molar-refractivity contribution in [3.05, 3.63) is 12.2 Å². The molecule has 0 spiro atoms. The molecule has 0 aliphatic heterocycles. The zero-order chi connectivity index (χ0) is 11.4. The van der Waals surface area contributed by atoms with E-state index >= 15 is 0 Å². The van der Waals surface area contributed by atoms with Crippen LogP contribution in [0.5, 0.6) is 0 Å². The van der Waals surface area contributed by atoms with E-state index in [0.717, 1.165) is 5.57 Å². The van der Waals surface area contributed by atoms with Gasteiger partial charge in [-0.2, -0.15) is 0 Å². The lowest BCUT2D eigenvalue weighted by Crippen LogP contribution is -2.47. The van der Waals surface area contributed by atoms with E-state index in [-0.39, 0.29) is 0 Å². The Hall–Kier alpha value is 0.0538. The Morgan fingerprint density at radius 1 is 1.50 bits per heavy atom. The minimum absolute atomic E-state index is 0.453. The lowest BCUT2D eigenvalue weighted by atomic mass is 10.4. The van der Waals surface area contributed by atoms with Crippen molar-refractivity contribution in [1.82, 2.24) is 0 Å². The summed E-state index contributed by atoms with van der Waals surface area (Å²) in [7, 11) is -3.01. The summed E-state index contributed by atoms with van der Waals surface area (Å²) in [4.78, 5) is 9.34. The summed E-state index contributed by atoms with van der Waals surface area (Å²) >= 11 is 0. The number of hydrogen-bond donors (Lipinski definition) is 1. The number of ether oxygens (including phenoxy) is 1. The van der Waals surface area contributed by atoms with E-state index in [9.17, 15) is 4.80 Å². The van der Waals surface area contributed by atoms with E-state index in [1.165, 1.54) is 0 Å².